The van der Waals surface area contributed by atoms with E-state index >= 15 is 0 Å². The van der Waals surface area contributed by atoms with Gasteiger partial charge in [0, 0.05) is 19.2 Å². The number of nitro groups is 1. The van der Waals surface area contributed by atoms with Crippen molar-refractivity contribution >= 4 is 23.3 Å². The molecule has 0 saturated carbocycles. The van der Waals surface area contributed by atoms with Gasteiger partial charge in [-0.25, -0.2) is 4.98 Å². The molecule has 0 aromatic carbocycles. The fraction of sp³-hybridized carbons (Fsp3) is 0.333. The monoisotopic (exact) mass is 238 g/mol. The van der Waals surface area contributed by atoms with Gasteiger partial charge >= 0.3 is 11.7 Å². The van der Waals surface area contributed by atoms with Gasteiger partial charge in [-0.1, -0.05) is 0 Å². The number of nitrogens with zero attached hydrogens (tertiary/aromatic N) is 3. The molecule has 1 aromatic heterocycles. The number of carboxylic acids is 1. The van der Waals surface area contributed by atoms with E-state index in [0.29, 0.717) is 18.9 Å². The minimum Gasteiger partial charge on any atom is -0.481 e. The number of aromatic nitrogens is 1. The lowest BCUT2D eigenvalue weighted by molar-refractivity contribution is -0.384. The number of hydrogen-bond acceptors (Lipinski definition) is 6. The number of nitrogens with two attached hydrogens (primary N) is 1. The highest BCUT2D eigenvalue weighted by molar-refractivity contribution is 5.74. The Kier molecular flexibility index (Phi) is 2.54. The van der Waals surface area contributed by atoms with Crippen LogP contribution < -0.4 is 10.6 Å². The number of carbonyl (C=O) groups is 1. The molecule has 8 heteroatoms. The standard InChI is InChI=1S/C9H10N4O4/c10-8-6(13(16)17)1-2-7(11-8)12-3-5(4-12)9(14)15/h1-2,5H,3-4H2,(H2,10,11)(H,14,15). The summed E-state index contributed by atoms with van der Waals surface area (Å²) in [5, 5.41) is 19.2. The normalized spacial score (nSPS) is 15.4. The van der Waals surface area contributed by atoms with Crippen molar-refractivity contribution < 1.29 is 14.8 Å². The molecule has 0 spiro atoms. The summed E-state index contributed by atoms with van der Waals surface area (Å²) < 4.78 is 0. The molecule has 17 heavy (non-hydrogen) atoms. The summed E-state index contributed by atoms with van der Waals surface area (Å²) in [6, 6.07) is 2.73. The van der Waals surface area contributed by atoms with Gasteiger partial charge in [-0.05, 0) is 6.07 Å². The van der Waals surface area contributed by atoms with Crippen LogP contribution in [-0.4, -0.2) is 34.1 Å². The van der Waals surface area contributed by atoms with Crippen LogP contribution in [0, 0.1) is 16.0 Å². The zero-order chi connectivity index (χ0) is 12.6. The van der Waals surface area contributed by atoms with Gasteiger partial charge in [-0.3, -0.25) is 14.9 Å². The third-order valence-corrected chi connectivity index (χ3v) is 2.64. The first-order valence-corrected chi connectivity index (χ1v) is 4.87. The smallest absolute Gasteiger partial charge is 0.311 e. The summed E-state index contributed by atoms with van der Waals surface area (Å²) in [6.45, 7) is 0.694. The van der Waals surface area contributed by atoms with E-state index in [0.717, 1.165) is 0 Å². The lowest BCUT2D eigenvalue weighted by atomic mass is 10.0. The Balaban J connectivity index is 2.12. The highest BCUT2D eigenvalue weighted by atomic mass is 16.6. The molecule has 0 unspecified atom stereocenters. The van der Waals surface area contributed by atoms with E-state index < -0.39 is 16.8 Å². The van der Waals surface area contributed by atoms with Gasteiger partial charge < -0.3 is 15.7 Å². The molecule has 8 nitrogen and oxygen atoms in total. The van der Waals surface area contributed by atoms with Crippen LogP contribution in [0.15, 0.2) is 12.1 Å². The molecule has 0 bridgehead atoms. The van der Waals surface area contributed by atoms with Crippen molar-refractivity contribution in [3.8, 4) is 0 Å². The van der Waals surface area contributed by atoms with Gasteiger partial charge in [-0.2, -0.15) is 0 Å². The molecule has 2 heterocycles. The number of hydrogen-bond donors (Lipinski definition) is 2. The van der Waals surface area contributed by atoms with Gasteiger partial charge in [0.1, 0.15) is 5.82 Å². The minimum absolute atomic E-state index is 0.161. The zero-order valence-corrected chi connectivity index (χ0v) is 8.74. The molecule has 1 aliphatic heterocycles. The molecule has 0 amide bonds. The van der Waals surface area contributed by atoms with Gasteiger partial charge in [0.25, 0.3) is 0 Å². The lowest BCUT2D eigenvalue weighted by Gasteiger charge is -2.37. The summed E-state index contributed by atoms with van der Waals surface area (Å²) in [6.07, 6.45) is 0. The van der Waals surface area contributed by atoms with E-state index in [1.165, 1.54) is 12.1 Å². The summed E-state index contributed by atoms with van der Waals surface area (Å²) >= 11 is 0. The molecule has 1 fully saturated rings. The van der Waals surface area contributed by atoms with Crippen LogP contribution in [0.25, 0.3) is 0 Å². The highest BCUT2D eigenvalue weighted by Crippen LogP contribution is 2.27. The fourth-order valence-corrected chi connectivity index (χ4v) is 1.61. The van der Waals surface area contributed by atoms with E-state index in [1.54, 1.807) is 4.90 Å². The summed E-state index contributed by atoms with van der Waals surface area (Å²) in [5.74, 6) is -0.957. The Bertz CT molecular complexity index is 484. The van der Waals surface area contributed by atoms with E-state index in [2.05, 4.69) is 4.98 Å². The van der Waals surface area contributed by atoms with Crippen LogP contribution >= 0.6 is 0 Å². The molecular formula is C9H10N4O4. The number of carboxylic acid groups (broad SMARTS) is 1. The molecule has 0 radical (unpaired) electrons. The summed E-state index contributed by atoms with van der Waals surface area (Å²) in [7, 11) is 0. The Morgan fingerprint density at radius 1 is 1.59 bits per heavy atom. The topological polar surface area (TPSA) is 123 Å². The predicted octanol–water partition coefficient (Wildman–Crippen LogP) is 0.0928. The molecule has 0 atom stereocenters. The third kappa shape index (κ3) is 1.96. The van der Waals surface area contributed by atoms with Crippen LogP contribution in [-0.2, 0) is 4.79 Å². The largest absolute Gasteiger partial charge is 0.481 e. The molecule has 0 aliphatic carbocycles. The number of pyridine rings is 1. The Morgan fingerprint density at radius 2 is 2.24 bits per heavy atom. The number of nitrogen functional groups attached to an aromatic ring is 1. The first-order valence-electron chi connectivity index (χ1n) is 4.87. The Hall–Kier alpha value is -2.38. The average molecular weight is 238 g/mol. The van der Waals surface area contributed by atoms with Gasteiger partial charge in [0.15, 0.2) is 0 Å². The number of rotatable bonds is 3. The average Bonchev–Trinajstić information content (AvgIpc) is 2.13. The Morgan fingerprint density at radius 3 is 2.71 bits per heavy atom. The second kappa shape index (κ2) is 3.89. The van der Waals surface area contributed by atoms with Gasteiger partial charge in [-0.15, -0.1) is 0 Å². The molecule has 90 valence electrons. The second-order valence-corrected chi connectivity index (χ2v) is 3.77. The van der Waals surface area contributed by atoms with Crippen molar-refractivity contribution in [2.24, 2.45) is 5.92 Å². The van der Waals surface area contributed by atoms with Crippen molar-refractivity contribution in [1.82, 2.24) is 4.98 Å². The van der Waals surface area contributed by atoms with Crippen LogP contribution in [0.2, 0.25) is 0 Å². The second-order valence-electron chi connectivity index (χ2n) is 3.77. The number of anilines is 2. The molecule has 1 aromatic rings. The maximum Gasteiger partial charge on any atom is 0.311 e. The minimum atomic E-state index is -0.851. The maximum atomic E-state index is 10.6. The zero-order valence-electron chi connectivity index (χ0n) is 8.74. The lowest BCUT2D eigenvalue weighted by Crippen LogP contribution is -2.50. The predicted molar refractivity (Wildman–Crippen MR) is 58.6 cm³/mol. The van der Waals surface area contributed by atoms with Crippen molar-refractivity contribution in [1.29, 1.82) is 0 Å². The van der Waals surface area contributed by atoms with Crippen LogP contribution in [0.1, 0.15) is 0 Å². The van der Waals surface area contributed by atoms with Crippen molar-refractivity contribution in [3.05, 3.63) is 22.2 Å². The van der Waals surface area contributed by atoms with Crippen LogP contribution in [0.3, 0.4) is 0 Å². The van der Waals surface area contributed by atoms with E-state index in [4.69, 9.17) is 10.8 Å². The van der Waals surface area contributed by atoms with Crippen molar-refractivity contribution in [2.45, 2.75) is 0 Å². The Labute approximate surface area is 95.8 Å². The molecule has 2 rings (SSSR count). The molecule has 1 saturated heterocycles. The third-order valence-electron chi connectivity index (χ3n) is 2.64. The van der Waals surface area contributed by atoms with Crippen LogP contribution in [0.5, 0.6) is 0 Å². The summed E-state index contributed by atoms with van der Waals surface area (Å²) in [5.41, 5.74) is 5.19. The van der Waals surface area contributed by atoms with Gasteiger partial charge in [0.05, 0.1) is 10.8 Å². The van der Waals surface area contributed by atoms with E-state index in [1.807, 2.05) is 0 Å². The quantitative estimate of drug-likeness (QED) is 0.565. The number of aliphatic carboxylic acids is 1. The van der Waals surface area contributed by atoms with Crippen LogP contribution in [0.4, 0.5) is 17.3 Å². The summed E-state index contributed by atoms with van der Waals surface area (Å²) in [4.78, 5) is 26.1. The maximum absolute atomic E-state index is 10.6. The first-order chi connectivity index (χ1) is 7.99. The SMILES string of the molecule is Nc1nc(N2CC(C(=O)O)C2)ccc1[N+](=O)[O-]. The van der Waals surface area contributed by atoms with Crippen molar-refractivity contribution in [3.63, 3.8) is 0 Å². The van der Waals surface area contributed by atoms with E-state index in [9.17, 15) is 14.9 Å². The molecular weight excluding hydrogens is 228 g/mol. The fourth-order valence-electron chi connectivity index (χ4n) is 1.61. The van der Waals surface area contributed by atoms with Crippen molar-refractivity contribution in [2.75, 3.05) is 23.7 Å². The first kappa shape index (κ1) is 11.1. The highest BCUT2D eigenvalue weighted by Gasteiger charge is 2.33. The van der Waals surface area contributed by atoms with E-state index in [-0.39, 0.29) is 11.5 Å². The van der Waals surface area contributed by atoms with Gasteiger partial charge in [0.2, 0.25) is 5.82 Å². The molecule has 3 N–H and O–H groups in total. The molecule has 1 aliphatic rings.